The van der Waals surface area contributed by atoms with Crippen molar-refractivity contribution in [3.05, 3.63) is 99.9 Å². The standard InChI is InChI=1S/C32H32FNO2/c1-31(2,3)17-7-13-21-23(15-17)25-22-14-8-18(32(4,5)6)16-24(22)26(21)28-27(25)29(35)34(30(28)36)20-11-9-19(33)10-12-20/h7-16,25-28H,1-6H3/t25-,26+,27-,28+. The fraction of sp³-hybridized carbons (Fsp3) is 0.375. The Bertz CT molecular complexity index is 1340. The zero-order valence-electron chi connectivity index (χ0n) is 21.7. The molecule has 0 unspecified atom stereocenters. The van der Waals surface area contributed by atoms with E-state index in [2.05, 4.69) is 77.9 Å². The van der Waals surface area contributed by atoms with E-state index < -0.39 is 11.8 Å². The van der Waals surface area contributed by atoms with E-state index >= 15 is 0 Å². The molecular weight excluding hydrogens is 449 g/mol. The van der Waals surface area contributed by atoms with Crippen LogP contribution in [0.25, 0.3) is 0 Å². The van der Waals surface area contributed by atoms with Crippen LogP contribution in [0.2, 0.25) is 0 Å². The number of carbonyl (C=O) groups excluding carboxylic acids is 2. The molecule has 184 valence electrons. The Kier molecular flexibility index (Phi) is 4.74. The van der Waals surface area contributed by atoms with Crippen molar-refractivity contribution in [2.24, 2.45) is 11.8 Å². The van der Waals surface area contributed by atoms with Gasteiger partial charge in [0, 0.05) is 11.8 Å². The topological polar surface area (TPSA) is 37.4 Å². The maximum atomic E-state index is 14.0. The fourth-order valence-electron chi connectivity index (χ4n) is 6.55. The van der Waals surface area contributed by atoms with Gasteiger partial charge in [0.15, 0.2) is 0 Å². The lowest BCUT2D eigenvalue weighted by Gasteiger charge is -2.47. The molecule has 36 heavy (non-hydrogen) atoms. The molecule has 0 N–H and O–H groups in total. The summed E-state index contributed by atoms with van der Waals surface area (Å²) in [6.07, 6.45) is 0. The predicted molar refractivity (Wildman–Crippen MR) is 140 cm³/mol. The van der Waals surface area contributed by atoms with Crippen LogP contribution in [0, 0.1) is 17.7 Å². The van der Waals surface area contributed by atoms with Gasteiger partial charge in [-0.25, -0.2) is 9.29 Å². The van der Waals surface area contributed by atoms with Crippen LogP contribution in [-0.4, -0.2) is 11.8 Å². The Morgan fingerprint density at radius 2 is 1.03 bits per heavy atom. The summed E-state index contributed by atoms with van der Waals surface area (Å²) >= 11 is 0. The molecule has 1 aliphatic heterocycles. The zero-order valence-corrected chi connectivity index (χ0v) is 21.7. The summed E-state index contributed by atoms with van der Waals surface area (Å²) in [6.45, 7) is 13.2. The molecule has 4 atom stereocenters. The van der Waals surface area contributed by atoms with Crippen LogP contribution in [0.15, 0.2) is 60.7 Å². The lowest BCUT2D eigenvalue weighted by Crippen LogP contribution is -2.42. The van der Waals surface area contributed by atoms with Gasteiger partial charge in [-0.1, -0.05) is 77.9 Å². The average molecular weight is 482 g/mol. The first-order valence-electron chi connectivity index (χ1n) is 12.8. The minimum atomic E-state index is -0.455. The van der Waals surface area contributed by atoms with Crippen molar-refractivity contribution in [3.8, 4) is 0 Å². The molecule has 1 fully saturated rings. The number of rotatable bonds is 1. The Hall–Kier alpha value is -3.27. The summed E-state index contributed by atoms with van der Waals surface area (Å²) in [5.41, 5.74) is 7.51. The van der Waals surface area contributed by atoms with E-state index in [-0.39, 0.29) is 40.3 Å². The highest BCUT2D eigenvalue weighted by Gasteiger charge is 2.62. The summed E-state index contributed by atoms with van der Waals surface area (Å²) in [5.74, 6) is -2.01. The molecule has 0 radical (unpaired) electrons. The third-order valence-electron chi connectivity index (χ3n) is 8.45. The first kappa shape index (κ1) is 23.1. The molecule has 3 nitrogen and oxygen atoms in total. The van der Waals surface area contributed by atoms with E-state index in [0.717, 1.165) is 11.1 Å². The largest absolute Gasteiger partial charge is 0.274 e. The van der Waals surface area contributed by atoms with Gasteiger partial charge in [-0.05, 0) is 68.5 Å². The summed E-state index contributed by atoms with van der Waals surface area (Å²) < 4.78 is 13.6. The van der Waals surface area contributed by atoms with Gasteiger partial charge in [0.25, 0.3) is 0 Å². The van der Waals surface area contributed by atoms with Crippen LogP contribution < -0.4 is 4.90 Å². The van der Waals surface area contributed by atoms with Crippen molar-refractivity contribution in [1.29, 1.82) is 0 Å². The molecule has 2 bridgehead atoms. The molecule has 3 aromatic carbocycles. The van der Waals surface area contributed by atoms with E-state index in [0.29, 0.717) is 5.69 Å². The van der Waals surface area contributed by atoms with Crippen LogP contribution in [0.3, 0.4) is 0 Å². The van der Waals surface area contributed by atoms with Gasteiger partial charge in [-0.15, -0.1) is 0 Å². The van der Waals surface area contributed by atoms with Crippen molar-refractivity contribution in [1.82, 2.24) is 0 Å². The monoisotopic (exact) mass is 481 g/mol. The number of anilines is 1. The number of carbonyl (C=O) groups is 2. The fourth-order valence-corrected chi connectivity index (χ4v) is 6.55. The van der Waals surface area contributed by atoms with Crippen molar-refractivity contribution in [2.45, 2.75) is 64.2 Å². The second-order valence-electron chi connectivity index (χ2n) is 12.7. The van der Waals surface area contributed by atoms with Gasteiger partial charge in [0.05, 0.1) is 17.5 Å². The van der Waals surface area contributed by atoms with E-state index in [9.17, 15) is 14.0 Å². The van der Waals surface area contributed by atoms with E-state index in [1.165, 1.54) is 51.4 Å². The van der Waals surface area contributed by atoms with Crippen molar-refractivity contribution in [2.75, 3.05) is 4.90 Å². The van der Waals surface area contributed by atoms with Crippen LogP contribution in [0.1, 0.15) is 86.8 Å². The quantitative estimate of drug-likeness (QED) is 0.358. The van der Waals surface area contributed by atoms with Crippen LogP contribution >= 0.6 is 0 Å². The van der Waals surface area contributed by atoms with Gasteiger partial charge in [0.1, 0.15) is 5.82 Å². The van der Waals surface area contributed by atoms with Crippen LogP contribution in [0.4, 0.5) is 10.1 Å². The second-order valence-corrected chi connectivity index (χ2v) is 12.7. The van der Waals surface area contributed by atoms with E-state index in [1.807, 2.05) is 0 Å². The minimum absolute atomic E-state index is 0.0281. The smallest absolute Gasteiger partial charge is 0.238 e. The highest BCUT2D eigenvalue weighted by Crippen LogP contribution is 2.62. The molecule has 4 heteroatoms. The summed E-state index contributed by atoms with van der Waals surface area (Å²) in [6, 6.07) is 18.9. The van der Waals surface area contributed by atoms with Crippen molar-refractivity contribution < 1.29 is 14.0 Å². The third kappa shape index (κ3) is 3.16. The van der Waals surface area contributed by atoms with Gasteiger partial charge >= 0.3 is 0 Å². The maximum absolute atomic E-state index is 14.0. The van der Waals surface area contributed by atoms with Gasteiger partial charge in [0.2, 0.25) is 11.8 Å². The second kappa shape index (κ2) is 7.38. The summed E-state index contributed by atoms with van der Waals surface area (Å²) in [7, 11) is 0. The van der Waals surface area contributed by atoms with Crippen LogP contribution in [0.5, 0.6) is 0 Å². The first-order valence-corrected chi connectivity index (χ1v) is 12.8. The van der Waals surface area contributed by atoms with E-state index in [4.69, 9.17) is 0 Å². The molecule has 2 amide bonds. The van der Waals surface area contributed by atoms with E-state index in [1.54, 1.807) is 0 Å². The molecule has 0 aromatic heterocycles. The zero-order chi connectivity index (χ0) is 25.7. The van der Waals surface area contributed by atoms with Gasteiger partial charge in [-0.3, -0.25) is 9.59 Å². The Morgan fingerprint density at radius 3 is 1.42 bits per heavy atom. The van der Waals surface area contributed by atoms with Crippen LogP contribution in [-0.2, 0) is 20.4 Å². The number of imide groups is 1. The number of halogens is 1. The number of hydrogen-bond donors (Lipinski definition) is 0. The lowest BCUT2D eigenvalue weighted by molar-refractivity contribution is -0.122. The summed E-state index contributed by atoms with van der Waals surface area (Å²) in [5, 5.41) is 0. The van der Waals surface area contributed by atoms with Crippen molar-refractivity contribution >= 4 is 17.5 Å². The summed E-state index contributed by atoms with van der Waals surface area (Å²) in [4.78, 5) is 29.2. The minimum Gasteiger partial charge on any atom is -0.274 e. The molecule has 4 aliphatic rings. The SMILES string of the molecule is CC(C)(C)c1ccc2c(c1)[C@H]1c3ccc(C(C)(C)C)cc3[C@H]2[C@@H]2C(=O)N(c3ccc(F)cc3)C(=O)[C@H]12. The Morgan fingerprint density at radius 1 is 0.611 bits per heavy atom. The highest BCUT2D eigenvalue weighted by molar-refractivity contribution is 6.23. The van der Waals surface area contributed by atoms with Gasteiger partial charge < -0.3 is 0 Å². The van der Waals surface area contributed by atoms with Crippen molar-refractivity contribution in [3.63, 3.8) is 0 Å². The lowest BCUT2D eigenvalue weighted by atomic mass is 9.54. The number of amides is 2. The predicted octanol–water partition coefficient (Wildman–Crippen LogP) is 6.82. The molecule has 7 rings (SSSR count). The molecule has 1 saturated heterocycles. The molecule has 3 aromatic rings. The Labute approximate surface area is 212 Å². The van der Waals surface area contributed by atoms with Gasteiger partial charge in [-0.2, -0.15) is 0 Å². The molecular formula is C32H32FNO2. The normalized spacial score (nSPS) is 24.6. The average Bonchev–Trinajstić information content (AvgIpc) is 3.08. The third-order valence-corrected chi connectivity index (χ3v) is 8.45. The highest BCUT2D eigenvalue weighted by atomic mass is 19.1. The molecule has 1 heterocycles. The molecule has 3 aliphatic carbocycles. The molecule has 0 saturated carbocycles. The molecule has 0 spiro atoms. The Balaban J connectivity index is 1.57. The number of hydrogen-bond acceptors (Lipinski definition) is 2. The number of benzene rings is 3. The first-order chi connectivity index (χ1) is 16.9. The maximum Gasteiger partial charge on any atom is 0.238 e. The number of nitrogens with zero attached hydrogens (tertiary/aromatic N) is 1.